The van der Waals surface area contributed by atoms with Gasteiger partial charge in [-0.2, -0.15) is 13.2 Å². The number of carbonyl (C=O) groups excluding carboxylic acids is 1. The van der Waals surface area contributed by atoms with Gasteiger partial charge in [-0.05, 0) is 30.3 Å². The van der Waals surface area contributed by atoms with Crippen molar-refractivity contribution in [3.63, 3.8) is 0 Å². The molecule has 0 spiro atoms. The van der Waals surface area contributed by atoms with E-state index >= 15 is 0 Å². The molecule has 1 aromatic heterocycles. The number of nitrogens with zero attached hydrogens (tertiary/aromatic N) is 2. The maximum atomic E-state index is 14.6. The van der Waals surface area contributed by atoms with Crippen LogP contribution in [0, 0.1) is 17.5 Å². The van der Waals surface area contributed by atoms with Crippen molar-refractivity contribution in [3.05, 3.63) is 83.4 Å². The van der Waals surface area contributed by atoms with Crippen molar-refractivity contribution in [3.8, 4) is 0 Å². The Morgan fingerprint density at radius 1 is 0.933 bits per heavy atom. The minimum absolute atomic E-state index is 0.144. The van der Waals surface area contributed by atoms with Crippen LogP contribution in [0.25, 0.3) is 0 Å². The number of benzene rings is 2. The summed E-state index contributed by atoms with van der Waals surface area (Å²) in [7, 11) is 1.25. The summed E-state index contributed by atoms with van der Waals surface area (Å²) in [6.07, 6.45) is -3.35. The molecule has 1 N–H and O–H groups in total. The van der Waals surface area contributed by atoms with E-state index in [0.29, 0.717) is 12.4 Å². The van der Waals surface area contributed by atoms with Crippen molar-refractivity contribution >= 4 is 23.0 Å². The van der Waals surface area contributed by atoms with Crippen molar-refractivity contribution in [2.24, 2.45) is 0 Å². The number of para-hydroxylation sites is 1. The Morgan fingerprint density at radius 3 is 2.17 bits per heavy atom. The smallest absolute Gasteiger partial charge is 0.342 e. The number of carbonyl (C=O) groups is 1. The average molecular weight is 425 g/mol. The Balaban J connectivity index is 1.89. The Kier molecular flexibility index (Phi) is 5.68. The van der Waals surface area contributed by atoms with Gasteiger partial charge in [-0.3, -0.25) is 9.78 Å². The second-order valence-corrected chi connectivity index (χ2v) is 6.17. The van der Waals surface area contributed by atoms with E-state index in [0.717, 1.165) is 23.1 Å². The number of alkyl halides is 3. The van der Waals surface area contributed by atoms with Crippen LogP contribution in [0.5, 0.6) is 0 Å². The molecule has 0 atom stereocenters. The third-order valence-electron chi connectivity index (χ3n) is 4.22. The lowest BCUT2D eigenvalue weighted by Crippen LogP contribution is -2.18. The maximum Gasteiger partial charge on any atom is 0.418 e. The first-order valence-corrected chi connectivity index (χ1v) is 8.39. The van der Waals surface area contributed by atoms with E-state index in [-0.39, 0.29) is 17.1 Å². The van der Waals surface area contributed by atoms with Crippen LogP contribution in [-0.4, -0.2) is 17.9 Å². The first kappa shape index (κ1) is 21.2. The molecule has 0 unspecified atom stereocenters. The average Bonchev–Trinajstić information content (AvgIpc) is 2.67. The fourth-order valence-electron chi connectivity index (χ4n) is 2.81. The van der Waals surface area contributed by atoms with Crippen molar-refractivity contribution in [1.82, 2.24) is 4.98 Å². The van der Waals surface area contributed by atoms with E-state index in [9.17, 15) is 31.1 Å². The molecule has 10 heteroatoms. The van der Waals surface area contributed by atoms with E-state index in [1.165, 1.54) is 31.3 Å². The third kappa shape index (κ3) is 4.22. The van der Waals surface area contributed by atoms with Crippen LogP contribution in [0.15, 0.2) is 54.9 Å². The number of rotatable bonds is 4. The molecule has 3 rings (SSSR count). The fraction of sp³-hybridized carbons (Fsp3) is 0.100. The van der Waals surface area contributed by atoms with Gasteiger partial charge in [0.2, 0.25) is 0 Å². The van der Waals surface area contributed by atoms with Crippen LogP contribution in [0.3, 0.4) is 0 Å². The SMILES string of the molecule is CN(c1ccc(NC(=O)c2c(F)cncc2F)cc1F)c1ccccc1C(F)(F)F. The molecule has 0 bridgehead atoms. The minimum atomic E-state index is -4.64. The number of hydrogen-bond acceptors (Lipinski definition) is 3. The van der Waals surface area contributed by atoms with Gasteiger partial charge in [0.05, 0.1) is 29.3 Å². The molecule has 4 nitrogen and oxygen atoms in total. The standard InChI is InChI=1S/C20H13F6N3O/c1-29(16-5-3-2-4-12(16)20(24,25)26)17-7-6-11(8-13(17)21)28-19(30)18-14(22)9-27-10-15(18)23/h2-10H,1H3,(H,28,30). The van der Waals surface area contributed by atoms with Crippen LogP contribution in [-0.2, 0) is 6.18 Å². The van der Waals surface area contributed by atoms with E-state index in [4.69, 9.17) is 0 Å². The van der Waals surface area contributed by atoms with Gasteiger partial charge in [-0.15, -0.1) is 0 Å². The van der Waals surface area contributed by atoms with Gasteiger partial charge >= 0.3 is 6.18 Å². The molecule has 156 valence electrons. The van der Waals surface area contributed by atoms with Gasteiger partial charge in [0.25, 0.3) is 5.91 Å². The zero-order valence-electron chi connectivity index (χ0n) is 15.3. The lowest BCUT2D eigenvalue weighted by molar-refractivity contribution is -0.137. The van der Waals surface area contributed by atoms with E-state index in [1.54, 1.807) is 0 Å². The zero-order valence-corrected chi connectivity index (χ0v) is 15.3. The number of amides is 1. The lowest BCUT2D eigenvalue weighted by atomic mass is 10.1. The predicted octanol–water partition coefficient (Wildman–Crippen LogP) is 5.54. The van der Waals surface area contributed by atoms with E-state index in [2.05, 4.69) is 10.3 Å². The highest BCUT2D eigenvalue weighted by Gasteiger charge is 2.34. The molecule has 0 saturated heterocycles. The largest absolute Gasteiger partial charge is 0.418 e. The second-order valence-electron chi connectivity index (χ2n) is 6.17. The summed E-state index contributed by atoms with van der Waals surface area (Å²) < 4.78 is 81.5. The van der Waals surface area contributed by atoms with Crippen molar-refractivity contribution in [1.29, 1.82) is 0 Å². The number of nitrogens with one attached hydrogen (secondary N) is 1. The third-order valence-corrected chi connectivity index (χ3v) is 4.22. The minimum Gasteiger partial charge on any atom is -0.342 e. The highest BCUT2D eigenvalue weighted by Crippen LogP contribution is 2.39. The summed E-state index contributed by atoms with van der Waals surface area (Å²) in [4.78, 5) is 16.3. The summed E-state index contributed by atoms with van der Waals surface area (Å²) in [6.45, 7) is 0. The van der Waals surface area contributed by atoms with Crippen LogP contribution in [0.2, 0.25) is 0 Å². The maximum absolute atomic E-state index is 14.6. The lowest BCUT2D eigenvalue weighted by Gasteiger charge is -2.24. The summed E-state index contributed by atoms with van der Waals surface area (Å²) in [5.74, 6) is -4.53. The highest BCUT2D eigenvalue weighted by atomic mass is 19.4. The van der Waals surface area contributed by atoms with Crippen molar-refractivity contribution in [2.75, 3.05) is 17.3 Å². The van der Waals surface area contributed by atoms with Gasteiger partial charge in [0.1, 0.15) is 11.4 Å². The summed E-state index contributed by atoms with van der Waals surface area (Å²) in [6, 6.07) is 7.81. The van der Waals surface area contributed by atoms with Crippen LogP contribution in [0.1, 0.15) is 15.9 Å². The first-order valence-electron chi connectivity index (χ1n) is 8.39. The molecule has 3 aromatic rings. The molecule has 1 heterocycles. The fourth-order valence-corrected chi connectivity index (χ4v) is 2.81. The van der Waals surface area contributed by atoms with Crippen LogP contribution < -0.4 is 10.2 Å². The highest BCUT2D eigenvalue weighted by molar-refractivity contribution is 6.04. The van der Waals surface area contributed by atoms with Gasteiger partial charge in [-0.1, -0.05) is 12.1 Å². The second kappa shape index (κ2) is 8.05. The van der Waals surface area contributed by atoms with Gasteiger partial charge in [0.15, 0.2) is 11.6 Å². The molecule has 0 aliphatic carbocycles. The molecular formula is C20H13F6N3O. The Morgan fingerprint density at radius 2 is 1.57 bits per heavy atom. The molecule has 0 aliphatic rings. The van der Waals surface area contributed by atoms with Crippen molar-refractivity contribution in [2.45, 2.75) is 6.18 Å². The van der Waals surface area contributed by atoms with Crippen LogP contribution >= 0.6 is 0 Å². The van der Waals surface area contributed by atoms with E-state index in [1.807, 2.05) is 0 Å². The number of hydrogen-bond donors (Lipinski definition) is 1. The number of aromatic nitrogens is 1. The molecular weight excluding hydrogens is 412 g/mol. The topological polar surface area (TPSA) is 45.2 Å². The zero-order chi connectivity index (χ0) is 22.1. The molecule has 2 aromatic carbocycles. The molecule has 30 heavy (non-hydrogen) atoms. The van der Waals surface area contributed by atoms with Gasteiger partial charge < -0.3 is 10.2 Å². The first-order chi connectivity index (χ1) is 14.1. The molecule has 0 aliphatic heterocycles. The normalized spacial score (nSPS) is 11.3. The van der Waals surface area contributed by atoms with Gasteiger partial charge in [0, 0.05) is 12.7 Å². The molecule has 1 amide bonds. The monoisotopic (exact) mass is 425 g/mol. The Bertz CT molecular complexity index is 1080. The molecule has 0 saturated carbocycles. The van der Waals surface area contributed by atoms with Crippen molar-refractivity contribution < 1.29 is 31.1 Å². The number of halogens is 6. The number of pyridine rings is 1. The van der Waals surface area contributed by atoms with Gasteiger partial charge in [-0.25, -0.2) is 13.2 Å². The summed E-state index contributed by atoms with van der Waals surface area (Å²) in [5, 5.41) is 2.14. The summed E-state index contributed by atoms with van der Waals surface area (Å²) in [5.41, 5.74) is -2.47. The molecule has 0 radical (unpaired) electrons. The van der Waals surface area contributed by atoms with E-state index < -0.39 is 40.7 Å². The number of anilines is 3. The van der Waals surface area contributed by atoms with Crippen LogP contribution in [0.4, 0.5) is 43.4 Å². The Hall–Kier alpha value is -3.56. The Labute approximate surface area is 166 Å². The quantitative estimate of drug-likeness (QED) is 0.559. The molecule has 0 fully saturated rings. The predicted molar refractivity (Wildman–Crippen MR) is 98.0 cm³/mol. The summed E-state index contributed by atoms with van der Waals surface area (Å²) >= 11 is 0.